The Balaban J connectivity index is 2.37. The van der Waals surface area contributed by atoms with Gasteiger partial charge in [-0.1, -0.05) is 35.3 Å². The molecule has 19 heavy (non-hydrogen) atoms. The molecular weight excluding hydrogens is 349 g/mol. The summed E-state index contributed by atoms with van der Waals surface area (Å²) in [6.07, 6.45) is 0.709. The van der Waals surface area contributed by atoms with Gasteiger partial charge in [0.05, 0.1) is 9.50 Å². The van der Waals surface area contributed by atoms with E-state index in [1.807, 2.05) is 12.1 Å². The quantitative estimate of drug-likeness (QED) is 0.827. The monoisotopic (exact) mass is 359 g/mol. The number of halogens is 3. The first-order chi connectivity index (χ1) is 9.11. The van der Waals surface area contributed by atoms with Crippen LogP contribution in [0.1, 0.15) is 5.56 Å². The van der Waals surface area contributed by atoms with Crippen molar-refractivity contribution in [2.45, 2.75) is 6.42 Å². The first kappa shape index (κ1) is 14.7. The molecule has 2 rings (SSSR count). The molecular formula is C14H12BrCl2NO. The lowest BCUT2D eigenvalue weighted by molar-refractivity contribution is 0.473. The third kappa shape index (κ3) is 3.63. The van der Waals surface area contributed by atoms with E-state index in [-0.39, 0.29) is 0 Å². The first-order valence-electron chi connectivity index (χ1n) is 5.72. The SMILES string of the molecule is NCCc1cccc(Cl)c1Oc1ccc(Cl)cc1Br. The predicted octanol–water partition coefficient (Wildman–Crippen LogP) is 5.05. The summed E-state index contributed by atoms with van der Waals surface area (Å²) in [6.45, 7) is 0.540. The van der Waals surface area contributed by atoms with Crippen LogP contribution in [0, 0.1) is 0 Å². The molecule has 0 saturated heterocycles. The number of nitrogens with two attached hydrogens (primary N) is 1. The second-order valence-electron chi connectivity index (χ2n) is 3.94. The Hall–Kier alpha value is -0.740. The molecule has 0 aliphatic heterocycles. The fourth-order valence-corrected chi connectivity index (χ4v) is 2.68. The average Bonchev–Trinajstić information content (AvgIpc) is 2.36. The van der Waals surface area contributed by atoms with Crippen LogP contribution < -0.4 is 10.5 Å². The predicted molar refractivity (Wildman–Crippen MR) is 83.4 cm³/mol. The molecule has 0 spiro atoms. The zero-order valence-electron chi connectivity index (χ0n) is 10.00. The molecule has 0 bridgehead atoms. The van der Waals surface area contributed by atoms with E-state index in [4.69, 9.17) is 33.7 Å². The summed E-state index contributed by atoms with van der Waals surface area (Å²) < 4.78 is 6.66. The topological polar surface area (TPSA) is 35.2 Å². The largest absolute Gasteiger partial charge is 0.454 e. The Kier molecular flexibility index (Phi) is 5.11. The fraction of sp³-hybridized carbons (Fsp3) is 0.143. The summed E-state index contributed by atoms with van der Waals surface area (Å²) >= 11 is 15.5. The van der Waals surface area contributed by atoms with Gasteiger partial charge in [0.15, 0.2) is 0 Å². The van der Waals surface area contributed by atoms with Gasteiger partial charge in [0.1, 0.15) is 11.5 Å². The lowest BCUT2D eigenvalue weighted by Crippen LogP contribution is -2.04. The minimum Gasteiger partial charge on any atom is -0.454 e. The van der Waals surface area contributed by atoms with Gasteiger partial charge in [0.25, 0.3) is 0 Å². The maximum atomic E-state index is 6.19. The molecule has 0 aromatic heterocycles. The van der Waals surface area contributed by atoms with Crippen molar-refractivity contribution in [3.8, 4) is 11.5 Å². The van der Waals surface area contributed by atoms with Crippen LogP contribution in [0.3, 0.4) is 0 Å². The molecule has 0 unspecified atom stereocenters. The third-order valence-electron chi connectivity index (χ3n) is 2.57. The van der Waals surface area contributed by atoms with Gasteiger partial charge in [-0.05, 0) is 58.7 Å². The highest BCUT2D eigenvalue weighted by Crippen LogP contribution is 2.37. The fourth-order valence-electron chi connectivity index (χ4n) is 1.69. The van der Waals surface area contributed by atoms with Gasteiger partial charge in [0.2, 0.25) is 0 Å². The van der Waals surface area contributed by atoms with E-state index in [0.29, 0.717) is 34.5 Å². The van der Waals surface area contributed by atoms with E-state index >= 15 is 0 Å². The third-order valence-corrected chi connectivity index (χ3v) is 3.72. The highest BCUT2D eigenvalue weighted by Gasteiger charge is 2.11. The van der Waals surface area contributed by atoms with Gasteiger partial charge in [-0.25, -0.2) is 0 Å². The smallest absolute Gasteiger partial charge is 0.149 e. The molecule has 2 nitrogen and oxygen atoms in total. The zero-order chi connectivity index (χ0) is 13.8. The van der Waals surface area contributed by atoms with Crippen LogP contribution in [-0.2, 0) is 6.42 Å². The Morgan fingerprint density at radius 2 is 1.95 bits per heavy atom. The number of rotatable bonds is 4. The normalized spacial score (nSPS) is 10.5. The molecule has 0 heterocycles. The van der Waals surface area contributed by atoms with E-state index in [1.54, 1.807) is 24.3 Å². The number of hydrogen-bond donors (Lipinski definition) is 1. The van der Waals surface area contributed by atoms with Crippen LogP contribution in [0.4, 0.5) is 0 Å². The molecule has 0 saturated carbocycles. The average molecular weight is 361 g/mol. The molecule has 0 atom stereocenters. The molecule has 2 aromatic rings. The molecule has 0 aliphatic carbocycles. The van der Waals surface area contributed by atoms with Gasteiger partial charge in [-0.15, -0.1) is 0 Å². The summed E-state index contributed by atoms with van der Waals surface area (Å²) in [5, 5.41) is 1.20. The van der Waals surface area contributed by atoms with Crippen molar-refractivity contribution in [3.05, 3.63) is 56.5 Å². The molecule has 2 aromatic carbocycles. The Bertz CT molecular complexity index is 590. The number of para-hydroxylation sites is 1. The summed E-state index contributed by atoms with van der Waals surface area (Å²) in [6, 6.07) is 11.0. The highest BCUT2D eigenvalue weighted by molar-refractivity contribution is 9.10. The van der Waals surface area contributed by atoms with Crippen LogP contribution >= 0.6 is 39.1 Å². The van der Waals surface area contributed by atoms with Crippen molar-refractivity contribution in [2.24, 2.45) is 5.73 Å². The van der Waals surface area contributed by atoms with Crippen molar-refractivity contribution in [2.75, 3.05) is 6.54 Å². The Morgan fingerprint density at radius 1 is 1.16 bits per heavy atom. The number of hydrogen-bond acceptors (Lipinski definition) is 2. The lowest BCUT2D eigenvalue weighted by Gasteiger charge is -2.13. The van der Waals surface area contributed by atoms with Crippen LogP contribution in [-0.4, -0.2) is 6.54 Å². The Labute approximate surface area is 130 Å². The highest BCUT2D eigenvalue weighted by atomic mass is 79.9. The van der Waals surface area contributed by atoms with Crippen molar-refractivity contribution < 1.29 is 4.74 Å². The molecule has 0 amide bonds. The van der Waals surface area contributed by atoms with Gasteiger partial charge in [-0.2, -0.15) is 0 Å². The van der Waals surface area contributed by atoms with Crippen molar-refractivity contribution in [1.29, 1.82) is 0 Å². The van der Waals surface area contributed by atoms with Crippen LogP contribution in [0.5, 0.6) is 11.5 Å². The van der Waals surface area contributed by atoms with Gasteiger partial charge >= 0.3 is 0 Å². The van der Waals surface area contributed by atoms with Crippen LogP contribution in [0.25, 0.3) is 0 Å². The van der Waals surface area contributed by atoms with Gasteiger partial charge in [-0.3, -0.25) is 0 Å². The van der Waals surface area contributed by atoms with E-state index in [9.17, 15) is 0 Å². The van der Waals surface area contributed by atoms with E-state index in [2.05, 4.69) is 15.9 Å². The lowest BCUT2D eigenvalue weighted by atomic mass is 10.1. The van der Waals surface area contributed by atoms with Crippen LogP contribution in [0.2, 0.25) is 10.0 Å². The van der Waals surface area contributed by atoms with Gasteiger partial charge < -0.3 is 10.5 Å². The van der Waals surface area contributed by atoms with Crippen molar-refractivity contribution >= 4 is 39.1 Å². The molecule has 5 heteroatoms. The Morgan fingerprint density at radius 3 is 2.63 bits per heavy atom. The van der Waals surface area contributed by atoms with E-state index in [0.717, 1.165) is 10.0 Å². The first-order valence-corrected chi connectivity index (χ1v) is 7.27. The summed E-state index contributed by atoms with van der Waals surface area (Å²) in [7, 11) is 0. The standard InChI is InChI=1S/C14H12BrCl2NO/c15-11-8-10(16)4-5-13(11)19-14-9(6-7-18)2-1-3-12(14)17/h1-5,8H,6-7,18H2. The summed E-state index contributed by atoms with van der Waals surface area (Å²) in [5.41, 5.74) is 6.58. The summed E-state index contributed by atoms with van der Waals surface area (Å²) in [4.78, 5) is 0. The van der Waals surface area contributed by atoms with Crippen molar-refractivity contribution in [1.82, 2.24) is 0 Å². The number of benzene rings is 2. The second kappa shape index (κ2) is 6.62. The zero-order valence-corrected chi connectivity index (χ0v) is 13.1. The number of ether oxygens (including phenoxy) is 1. The maximum Gasteiger partial charge on any atom is 0.149 e. The summed E-state index contributed by atoms with van der Waals surface area (Å²) in [5.74, 6) is 1.30. The maximum absolute atomic E-state index is 6.19. The van der Waals surface area contributed by atoms with E-state index < -0.39 is 0 Å². The molecule has 0 radical (unpaired) electrons. The molecule has 100 valence electrons. The van der Waals surface area contributed by atoms with E-state index in [1.165, 1.54) is 0 Å². The minimum atomic E-state index is 0.540. The second-order valence-corrected chi connectivity index (χ2v) is 5.64. The van der Waals surface area contributed by atoms with Crippen LogP contribution in [0.15, 0.2) is 40.9 Å². The minimum absolute atomic E-state index is 0.540. The van der Waals surface area contributed by atoms with Gasteiger partial charge in [0, 0.05) is 5.02 Å². The molecule has 0 aliphatic rings. The van der Waals surface area contributed by atoms with Crippen molar-refractivity contribution in [3.63, 3.8) is 0 Å². The molecule has 0 fully saturated rings. The molecule has 2 N–H and O–H groups in total.